The van der Waals surface area contributed by atoms with Gasteiger partial charge >= 0.3 is 10.3 Å². The lowest BCUT2D eigenvalue weighted by atomic mass is 10.1. The van der Waals surface area contributed by atoms with Gasteiger partial charge in [-0.15, -0.1) is 0 Å². The van der Waals surface area contributed by atoms with Crippen LogP contribution < -0.4 is 14.8 Å². The lowest BCUT2D eigenvalue weighted by Gasteiger charge is -2.18. The van der Waals surface area contributed by atoms with Crippen LogP contribution >= 0.6 is 0 Å². The van der Waals surface area contributed by atoms with E-state index in [4.69, 9.17) is 4.55 Å². The van der Waals surface area contributed by atoms with Crippen molar-refractivity contribution < 1.29 is 26.2 Å². The molecule has 0 fully saturated rings. The minimum Gasteiger partial charge on any atom is -0.358 e. The number of sulfonamides is 1. The van der Waals surface area contributed by atoms with Crippen molar-refractivity contribution in [3.8, 4) is 0 Å². The molecule has 146 valence electrons. The molecule has 1 amide bonds. The second-order valence-electron chi connectivity index (χ2n) is 5.58. The topological polar surface area (TPSA) is 142 Å². The van der Waals surface area contributed by atoms with Crippen molar-refractivity contribution >= 4 is 31.9 Å². The van der Waals surface area contributed by atoms with Crippen LogP contribution in [0.2, 0.25) is 0 Å². The van der Waals surface area contributed by atoms with Gasteiger partial charge in [-0.25, -0.2) is 8.42 Å². The molecule has 0 saturated heterocycles. The van der Waals surface area contributed by atoms with Gasteiger partial charge in [0.1, 0.15) is 6.04 Å². The number of carbonyl (C=O) groups is 1. The van der Waals surface area contributed by atoms with E-state index in [1.807, 2.05) is 4.72 Å². The third-order valence-electron chi connectivity index (χ3n) is 3.55. The first-order valence-corrected chi connectivity index (χ1v) is 10.7. The lowest BCUT2D eigenvalue weighted by Crippen LogP contribution is -2.46. The van der Waals surface area contributed by atoms with Crippen LogP contribution in [0.3, 0.4) is 0 Å². The summed E-state index contributed by atoms with van der Waals surface area (Å²) in [6.07, 6.45) is 0.0396. The Morgan fingerprint density at radius 3 is 2.11 bits per heavy atom. The Morgan fingerprint density at radius 1 is 1.00 bits per heavy atom. The van der Waals surface area contributed by atoms with Crippen LogP contribution in [0.5, 0.6) is 0 Å². The van der Waals surface area contributed by atoms with E-state index in [1.54, 1.807) is 18.2 Å². The van der Waals surface area contributed by atoms with E-state index >= 15 is 0 Å². The highest BCUT2D eigenvalue weighted by molar-refractivity contribution is 7.89. The zero-order chi connectivity index (χ0) is 20.1. The number of amides is 1. The van der Waals surface area contributed by atoms with Crippen LogP contribution in [-0.2, 0) is 31.5 Å². The van der Waals surface area contributed by atoms with Crippen molar-refractivity contribution in [2.45, 2.75) is 17.4 Å². The predicted octanol–water partition coefficient (Wildman–Crippen LogP) is 0.537. The molecule has 0 spiro atoms. The molecule has 0 radical (unpaired) electrons. The summed E-state index contributed by atoms with van der Waals surface area (Å²) < 4.78 is 59.6. The van der Waals surface area contributed by atoms with Crippen LogP contribution in [0.25, 0.3) is 0 Å². The maximum absolute atomic E-state index is 12.5. The molecule has 2 aromatic carbocycles. The van der Waals surface area contributed by atoms with Gasteiger partial charge in [0.25, 0.3) is 0 Å². The minimum atomic E-state index is -4.39. The fraction of sp³-hybridized carbons (Fsp3) is 0.188. The van der Waals surface area contributed by atoms with Gasteiger partial charge < -0.3 is 5.32 Å². The SMILES string of the molecule is CNC(=O)C(Cc1ccc(NS(=O)(=O)O)cc1)NS(=O)(=O)c1ccccc1. The number of carbonyl (C=O) groups excluding carboxylic acids is 1. The third kappa shape index (κ3) is 6.32. The smallest absolute Gasteiger partial charge is 0.357 e. The van der Waals surface area contributed by atoms with Crippen LogP contribution in [0.1, 0.15) is 5.56 Å². The van der Waals surface area contributed by atoms with Gasteiger partial charge in [-0.2, -0.15) is 13.1 Å². The van der Waals surface area contributed by atoms with Crippen molar-refractivity contribution in [3.05, 3.63) is 60.2 Å². The van der Waals surface area contributed by atoms with Crippen LogP contribution in [-0.4, -0.2) is 40.4 Å². The van der Waals surface area contributed by atoms with E-state index in [-0.39, 0.29) is 17.0 Å². The summed E-state index contributed by atoms with van der Waals surface area (Å²) in [4.78, 5) is 12.2. The molecule has 9 nitrogen and oxygen atoms in total. The Balaban J connectivity index is 2.19. The fourth-order valence-corrected chi connectivity index (χ4v) is 3.96. The first kappa shape index (κ1) is 20.8. The van der Waals surface area contributed by atoms with Gasteiger partial charge in [0.05, 0.1) is 10.6 Å². The highest BCUT2D eigenvalue weighted by Crippen LogP contribution is 2.14. The molecule has 2 rings (SSSR count). The summed E-state index contributed by atoms with van der Waals surface area (Å²) in [5.74, 6) is -0.519. The monoisotopic (exact) mass is 413 g/mol. The number of likely N-dealkylation sites (N-methyl/N-ethyl adjacent to an activating group) is 1. The summed E-state index contributed by atoms with van der Waals surface area (Å²) in [7, 11) is -6.90. The molecule has 4 N–H and O–H groups in total. The Morgan fingerprint density at radius 2 is 1.59 bits per heavy atom. The maximum Gasteiger partial charge on any atom is 0.357 e. The second kappa shape index (κ2) is 8.48. The predicted molar refractivity (Wildman–Crippen MR) is 99.9 cm³/mol. The molecule has 27 heavy (non-hydrogen) atoms. The second-order valence-corrected chi connectivity index (χ2v) is 8.45. The normalized spacial score (nSPS) is 13.0. The lowest BCUT2D eigenvalue weighted by molar-refractivity contribution is -0.122. The Kier molecular flexibility index (Phi) is 6.54. The molecule has 2 aromatic rings. The van der Waals surface area contributed by atoms with Gasteiger partial charge in [0.2, 0.25) is 15.9 Å². The minimum absolute atomic E-state index is 0.0339. The Hall–Kier alpha value is -2.47. The van der Waals surface area contributed by atoms with Crippen LogP contribution in [0, 0.1) is 0 Å². The molecule has 0 bridgehead atoms. The zero-order valence-electron chi connectivity index (χ0n) is 14.3. The summed E-state index contributed by atoms with van der Waals surface area (Å²) in [5.41, 5.74) is 0.711. The van der Waals surface area contributed by atoms with E-state index < -0.39 is 32.3 Å². The van der Waals surface area contributed by atoms with Crippen molar-refractivity contribution in [3.63, 3.8) is 0 Å². The van der Waals surface area contributed by atoms with E-state index in [2.05, 4.69) is 10.0 Å². The van der Waals surface area contributed by atoms with E-state index in [0.717, 1.165) is 0 Å². The molecule has 0 saturated carbocycles. The summed E-state index contributed by atoms with van der Waals surface area (Å²) >= 11 is 0. The summed E-state index contributed by atoms with van der Waals surface area (Å²) in [6, 6.07) is 12.4. The van der Waals surface area contributed by atoms with Crippen LogP contribution in [0.15, 0.2) is 59.5 Å². The average molecular weight is 413 g/mol. The third-order valence-corrected chi connectivity index (χ3v) is 5.54. The Labute approximate surface area is 157 Å². The molecule has 1 atom stereocenters. The van der Waals surface area contributed by atoms with Crippen LogP contribution in [0.4, 0.5) is 5.69 Å². The van der Waals surface area contributed by atoms with Crippen molar-refractivity contribution in [2.24, 2.45) is 0 Å². The van der Waals surface area contributed by atoms with Gasteiger partial charge in [0, 0.05) is 7.05 Å². The molecule has 0 aliphatic carbocycles. The van der Waals surface area contributed by atoms with Crippen molar-refractivity contribution in [1.29, 1.82) is 0 Å². The molecule has 0 aliphatic rings. The number of hydrogen-bond donors (Lipinski definition) is 4. The molecular formula is C16H19N3O6S2. The molecular weight excluding hydrogens is 394 g/mol. The van der Waals surface area contributed by atoms with Gasteiger partial charge in [-0.1, -0.05) is 30.3 Å². The number of nitrogens with one attached hydrogen (secondary N) is 3. The highest BCUT2D eigenvalue weighted by atomic mass is 32.2. The largest absolute Gasteiger partial charge is 0.358 e. The van der Waals surface area contributed by atoms with E-state index in [9.17, 15) is 21.6 Å². The number of hydrogen-bond acceptors (Lipinski definition) is 5. The number of rotatable bonds is 8. The first-order chi connectivity index (χ1) is 12.6. The summed E-state index contributed by atoms with van der Waals surface area (Å²) in [5, 5.41) is 2.41. The van der Waals surface area contributed by atoms with E-state index in [0.29, 0.717) is 5.56 Å². The zero-order valence-corrected chi connectivity index (χ0v) is 15.9. The van der Waals surface area contributed by atoms with Crippen molar-refractivity contribution in [2.75, 3.05) is 11.8 Å². The van der Waals surface area contributed by atoms with E-state index in [1.165, 1.54) is 43.4 Å². The summed E-state index contributed by atoms with van der Waals surface area (Å²) in [6.45, 7) is 0. The standard InChI is InChI=1S/C16H19N3O6S2/c1-17-16(20)15(19-26(21,22)14-5-3-2-4-6-14)11-12-7-9-13(10-8-12)18-27(23,24)25/h2-10,15,18-19H,11H2,1H3,(H,17,20)(H,23,24,25). The van der Waals surface area contributed by atoms with Gasteiger partial charge in [-0.05, 0) is 36.2 Å². The number of anilines is 1. The quantitative estimate of drug-likeness (QED) is 0.465. The molecule has 0 aliphatic heterocycles. The maximum atomic E-state index is 12.5. The molecule has 0 heterocycles. The van der Waals surface area contributed by atoms with Crippen molar-refractivity contribution in [1.82, 2.24) is 10.0 Å². The molecule has 11 heteroatoms. The average Bonchev–Trinajstić information content (AvgIpc) is 2.61. The van der Waals surface area contributed by atoms with Gasteiger partial charge in [0.15, 0.2) is 0 Å². The first-order valence-electron chi connectivity index (χ1n) is 7.74. The number of benzene rings is 2. The highest BCUT2D eigenvalue weighted by Gasteiger charge is 2.25. The molecule has 1 unspecified atom stereocenters. The van der Waals surface area contributed by atoms with Gasteiger partial charge in [-0.3, -0.25) is 14.1 Å². The fourth-order valence-electron chi connectivity index (χ4n) is 2.31. The molecule has 0 aromatic heterocycles. The Bertz CT molecular complexity index is 990.